The lowest BCUT2D eigenvalue weighted by atomic mass is 10.0. The fraction of sp³-hybridized carbons (Fsp3) is 0.714. The Morgan fingerprint density at radius 2 is 1.88 bits per heavy atom. The molecule has 0 heterocycles. The number of nitrogens with zero attached hydrogens (tertiary/aromatic N) is 1. The largest absolute Gasteiger partial charge is 0.394 e. The van der Waals surface area contributed by atoms with E-state index in [4.69, 9.17) is 15.9 Å². The SMILES string of the molecule is NC(=S)N/N=C/C(O)C(O)C(O)C(O)CO. The average molecular weight is 253 g/mol. The van der Waals surface area contributed by atoms with E-state index >= 15 is 0 Å². The van der Waals surface area contributed by atoms with Gasteiger partial charge in [0.05, 0.1) is 12.8 Å². The first-order valence-corrected chi connectivity index (χ1v) is 4.72. The van der Waals surface area contributed by atoms with Crippen LogP contribution in [0.25, 0.3) is 0 Å². The van der Waals surface area contributed by atoms with E-state index in [-0.39, 0.29) is 5.11 Å². The van der Waals surface area contributed by atoms with E-state index < -0.39 is 31.0 Å². The van der Waals surface area contributed by atoms with E-state index in [1.807, 2.05) is 0 Å². The summed E-state index contributed by atoms with van der Waals surface area (Å²) in [5, 5.41) is 48.5. The normalized spacial score (nSPS) is 19.1. The van der Waals surface area contributed by atoms with Crippen molar-refractivity contribution in [3.63, 3.8) is 0 Å². The summed E-state index contributed by atoms with van der Waals surface area (Å²) in [5.41, 5.74) is 7.15. The van der Waals surface area contributed by atoms with Crippen LogP contribution in [0.5, 0.6) is 0 Å². The van der Waals surface area contributed by atoms with E-state index in [0.717, 1.165) is 6.21 Å². The predicted molar refractivity (Wildman–Crippen MR) is 59.5 cm³/mol. The molecule has 94 valence electrons. The van der Waals surface area contributed by atoms with Gasteiger partial charge in [0.15, 0.2) is 5.11 Å². The standard InChI is InChI=1S/C7H15N3O5S/c8-7(16)10-9-1-3(12)5(14)6(15)4(13)2-11/h1,3-6,11-15H,2H2,(H3,8,10,16)/b9-1+. The van der Waals surface area contributed by atoms with Gasteiger partial charge in [0.2, 0.25) is 0 Å². The summed E-state index contributed by atoms with van der Waals surface area (Å²) in [4.78, 5) is 0. The molecule has 0 aromatic carbocycles. The third kappa shape index (κ3) is 5.30. The molecule has 0 saturated carbocycles. The summed E-state index contributed by atoms with van der Waals surface area (Å²) in [6, 6.07) is 0. The van der Waals surface area contributed by atoms with Crippen LogP contribution in [0.2, 0.25) is 0 Å². The van der Waals surface area contributed by atoms with Crippen LogP contribution in [0, 0.1) is 0 Å². The monoisotopic (exact) mass is 253 g/mol. The zero-order valence-electron chi connectivity index (χ0n) is 8.26. The molecule has 4 unspecified atom stereocenters. The second-order valence-electron chi connectivity index (χ2n) is 2.98. The Morgan fingerprint density at radius 1 is 1.31 bits per heavy atom. The number of nitrogens with two attached hydrogens (primary N) is 1. The molecule has 0 fully saturated rings. The van der Waals surface area contributed by atoms with Gasteiger partial charge in [-0.25, -0.2) is 0 Å². The van der Waals surface area contributed by atoms with Gasteiger partial charge in [-0.1, -0.05) is 0 Å². The zero-order chi connectivity index (χ0) is 12.7. The van der Waals surface area contributed by atoms with Crippen molar-refractivity contribution >= 4 is 23.5 Å². The van der Waals surface area contributed by atoms with Gasteiger partial charge in [0.1, 0.15) is 24.4 Å². The molecule has 9 heteroatoms. The van der Waals surface area contributed by atoms with Crippen LogP contribution in [0.15, 0.2) is 5.10 Å². The molecule has 0 aliphatic rings. The van der Waals surface area contributed by atoms with Gasteiger partial charge < -0.3 is 31.3 Å². The number of hydrogen-bond donors (Lipinski definition) is 7. The summed E-state index contributed by atoms with van der Waals surface area (Å²) in [6.45, 7) is -0.743. The number of nitrogens with one attached hydrogen (secondary N) is 1. The van der Waals surface area contributed by atoms with Crippen LogP contribution >= 0.6 is 12.2 Å². The average Bonchev–Trinajstić information content (AvgIpc) is 2.25. The second-order valence-corrected chi connectivity index (χ2v) is 3.42. The molecule has 0 aromatic rings. The topological polar surface area (TPSA) is 152 Å². The molecular weight excluding hydrogens is 238 g/mol. The minimum Gasteiger partial charge on any atom is -0.394 e. The highest BCUT2D eigenvalue weighted by Crippen LogP contribution is 2.03. The summed E-state index contributed by atoms with van der Waals surface area (Å²) in [5.74, 6) is 0. The molecule has 0 aliphatic carbocycles. The minimum atomic E-state index is -1.70. The van der Waals surface area contributed by atoms with E-state index in [1.54, 1.807) is 0 Å². The summed E-state index contributed by atoms with van der Waals surface area (Å²) >= 11 is 4.41. The highest BCUT2D eigenvalue weighted by Gasteiger charge is 2.29. The molecule has 0 amide bonds. The van der Waals surface area contributed by atoms with Crippen LogP contribution in [0.3, 0.4) is 0 Å². The Hall–Kier alpha value is -0.840. The predicted octanol–water partition coefficient (Wildman–Crippen LogP) is -3.76. The van der Waals surface area contributed by atoms with Crippen LogP contribution in [0.1, 0.15) is 0 Å². The Morgan fingerprint density at radius 3 is 2.31 bits per heavy atom. The Kier molecular flexibility index (Phi) is 7.05. The van der Waals surface area contributed by atoms with Crippen LogP contribution in [-0.4, -0.2) is 67.9 Å². The first-order valence-electron chi connectivity index (χ1n) is 4.32. The van der Waals surface area contributed by atoms with Crippen molar-refractivity contribution in [1.29, 1.82) is 0 Å². The van der Waals surface area contributed by atoms with Gasteiger partial charge in [0.25, 0.3) is 0 Å². The van der Waals surface area contributed by atoms with E-state index in [0.29, 0.717) is 0 Å². The van der Waals surface area contributed by atoms with Crippen molar-refractivity contribution in [2.75, 3.05) is 6.61 Å². The van der Waals surface area contributed by atoms with Crippen molar-refractivity contribution in [3.05, 3.63) is 0 Å². The van der Waals surface area contributed by atoms with Crippen LogP contribution in [0.4, 0.5) is 0 Å². The van der Waals surface area contributed by atoms with Gasteiger partial charge in [-0.3, -0.25) is 5.43 Å². The molecule has 0 aliphatic heterocycles. The van der Waals surface area contributed by atoms with Gasteiger partial charge >= 0.3 is 0 Å². The molecule has 0 spiro atoms. The molecule has 16 heavy (non-hydrogen) atoms. The smallest absolute Gasteiger partial charge is 0.184 e. The number of thiocarbonyl (C=S) groups is 1. The first kappa shape index (κ1) is 15.2. The van der Waals surface area contributed by atoms with Crippen molar-refractivity contribution in [2.24, 2.45) is 10.8 Å². The van der Waals surface area contributed by atoms with Gasteiger partial charge in [-0.15, -0.1) is 0 Å². The summed E-state index contributed by atoms with van der Waals surface area (Å²) < 4.78 is 0. The molecule has 4 atom stereocenters. The maximum Gasteiger partial charge on any atom is 0.184 e. The lowest BCUT2D eigenvalue weighted by Crippen LogP contribution is -2.46. The lowest BCUT2D eigenvalue weighted by molar-refractivity contribution is -0.0999. The summed E-state index contributed by atoms with van der Waals surface area (Å²) in [6.07, 6.45) is -5.65. The molecule has 8 N–H and O–H groups in total. The molecular formula is C7H15N3O5S. The molecule has 8 nitrogen and oxygen atoms in total. The molecule has 0 aromatic heterocycles. The van der Waals surface area contributed by atoms with Crippen LogP contribution in [-0.2, 0) is 0 Å². The van der Waals surface area contributed by atoms with Crippen molar-refractivity contribution < 1.29 is 25.5 Å². The third-order valence-corrected chi connectivity index (χ3v) is 1.77. The zero-order valence-corrected chi connectivity index (χ0v) is 9.08. The highest BCUT2D eigenvalue weighted by molar-refractivity contribution is 7.80. The van der Waals surface area contributed by atoms with E-state index in [9.17, 15) is 15.3 Å². The number of aliphatic hydroxyl groups is 5. The summed E-state index contributed by atoms with van der Waals surface area (Å²) in [7, 11) is 0. The molecule has 0 radical (unpaired) electrons. The lowest BCUT2D eigenvalue weighted by Gasteiger charge is -2.23. The van der Waals surface area contributed by atoms with Gasteiger partial charge in [-0.05, 0) is 12.2 Å². The molecule has 0 saturated heterocycles. The Balaban J connectivity index is 4.21. The van der Waals surface area contributed by atoms with Crippen LogP contribution < -0.4 is 11.2 Å². The minimum absolute atomic E-state index is 0.131. The molecule has 0 rings (SSSR count). The fourth-order valence-electron chi connectivity index (χ4n) is 0.803. The maximum atomic E-state index is 9.30. The first-order chi connectivity index (χ1) is 7.40. The third-order valence-electron chi connectivity index (χ3n) is 1.68. The Labute approximate surface area is 97.0 Å². The van der Waals surface area contributed by atoms with E-state index in [2.05, 4.69) is 22.7 Å². The van der Waals surface area contributed by atoms with E-state index in [1.165, 1.54) is 0 Å². The molecule has 0 bridgehead atoms. The fourth-order valence-corrected chi connectivity index (χ4v) is 0.856. The number of aliphatic hydroxyl groups excluding tert-OH is 5. The van der Waals surface area contributed by atoms with Crippen molar-refractivity contribution in [1.82, 2.24) is 5.43 Å². The van der Waals surface area contributed by atoms with Gasteiger partial charge in [-0.2, -0.15) is 5.10 Å². The second kappa shape index (κ2) is 7.44. The maximum absolute atomic E-state index is 9.30. The Bertz CT molecular complexity index is 252. The number of rotatable bonds is 6. The van der Waals surface area contributed by atoms with Crippen molar-refractivity contribution in [3.8, 4) is 0 Å². The highest BCUT2D eigenvalue weighted by atomic mass is 32.1. The quantitative estimate of drug-likeness (QED) is 0.145. The van der Waals surface area contributed by atoms with Crippen molar-refractivity contribution in [2.45, 2.75) is 24.4 Å². The van der Waals surface area contributed by atoms with Gasteiger partial charge in [0, 0.05) is 0 Å². The number of hydrogen-bond acceptors (Lipinski definition) is 7. The number of hydrazone groups is 1.